The Morgan fingerprint density at radius 3 is 2.33 bits per heavy atom. The van der Waals surface area contributed by atoms with Gasteiger partial charge in [0.25, 0.3) is 0 Å². The maximum Gasteiger partial charge on any atom is 0.0201 e. The van der Waals surface area contributed by atoms with Gasteiger partial charge in [-0.2, -0.15) is 0 Å². The van der Waals surface area contributed by atoms with Crippen LogP contribution in [0.4, 0.5) is 0 Å². The average molecular weight is 323 g/mol. The van der Waals surface area contributed by atoms with E-state index in [9.17, 15) is 0 Å². The fourth-order valence-corrected chi connectivity index (χ4v) is 3.68. The Kier molecular flexibility index (Phi) is 4.26. The number of nitrogens with zero attached hydrogens (tertiary/aromatic N) is 3. The number of likely N-dealkylation sites (N-methyl/N-ethyl adjacent to an activating group) is 1. The highest BCUT2D eigenvalue weighted by Gasteiger charge is 2.30. The minimum atomic E-state index is 0.832. The van der Waals surface area contributed by atoms with E-state index in [0.717, 1.165) is 12.0 Å². The molecule has 0 spiro atoms. The Balaban J connectivity index is 1.87. The molecule has 3 nitrogen and oxygen atoms in total. The van der Waals surface area contributed by atoms with Gasteiger partial charge < -0.3 is 4.90 Å². The molecule has 0 saturated carbocycles. The summed E-state index contributed by atoms with van der Waals surface area (Å²) < 4.78 is 2.44. The molecule has 4 heteroatoms. The number of halogens is 1. The van der Waals surface area contributed by atoms with Crippen molar-refractivity contribution < 1.29 is 0 Å². The van der Waals surface area contributed by atoms with Gasteiger partial charge in [0.1, 0.15) is 0 Å². The molecular formula is C11H22IN3. The summed E-state index contributed by atoms with van der Waals surface area (Å²) in [6.07, 6.45) is 1.35. The van der Waals surface area contributed by atoms with Crippen LogP contribution in [0.15, 0.2) is 0 Å². The van der Waals surface area contributed by atoms with E-state index in [2.05, 4.69) is 49.7 Å². The fourth-order valence-electron chi connectivity index (χ4n) is 2.78. The molecule has 0 radical (unpaired) electrons. The fraction of sp³-hybridized carbons (Fsp3) is 1.00. The van der Waals surface area contributed by atoms with Crippen LogP contribution in [0.3, 0.4) is 0 Å². The zero-order valence-electron chi connectivity index (χ0n) is 9.82. The van der Waals surface area contributed by atoms with Gasteiger partial charge in [0.15, 0.2) is 0 Å². The molecule has 0 aliphatic carbocycles. The third-order valence-corrected chi connectivity index (χ3v) is 4.69. The minimum Gasteiger partial charge on any atom is -0.304 e. The lowest BCUT2D eigenvalue weighted by molar-refractivity contribution is 0.0585. The number of piperidine rings is 1. The summed E-state index contributed by atoms with van der Waals surface area (Å²) in [6, 6.07) is 0.838. The highest BCUT2D eigenvalue weighted by molar-refractivity contribution is 14.1. The standard InChI is InChI=1S/C11H22IN3/c1-10-9-15(12)4-3-11(10)14-7-5-13(2)6-8-14/h10-11H,3-9H2,1-2H3/t10-,11?/m0/s1. The highest BCUT2D eigenvalue weighted by Crippen LogP contribution is 2.24. The Bertz CT molecular complexity index is 204. The third kappa shape index (κ3) is 3.05. The Hall–Kier alpha value is 0.610. The predicted molar refractivity (Wildman–Crippen MR) is 72.2 cm³/mol. The summed E-state index contributed by atoms with van der Waals surface area (Å²) in [5, 5.41) is 0. The first-order valence-corrected chi connectivity index (χ1v) is 6.96. The van der Waals surface area contributed by atoms with Gasteiger partial charge in [-0.1, -0.05) is 6.92 Å². The van der Waals surface area contributed by atoms with Crippen LogP contribution in [0.5, 0.6) is 0 Å². The summed E-state index contributed by atoms with van der Waals surface area (Å²) in [6.45, 7) is 9.97. The van der Waals surface area contributed by atoms with E-state index in [0.29, 0.717) is 0 Å². The van der Waals surface area contributed by atoms with Gasteiger partial charge in [0, 0.05) is 68.2 Å². The third-order valence-electron chi connectivity index (χ3n) is 3.82. The molecule has 2 fully saturated rings. The van der Waals surface area contributed by atoms with Crippen LogP contribution in [-0.4, -0.2) is 65.3 Å². The molecule has 0 bridgehead atoms. The van der Waals surface area contributed by atoms with Crippen molar-refractivity contribution in [3.63, 3.8) is 0 Å². The lowest BCUT2D eigenvalue weighted by atomic mass is 9.93. The van der Waals surface area contributed by atoms with Crippen molar-refractivity contribution >= 4 is 22.9 Å². The largest absolute Gasteiger partial charge is 0.304 e. The van der Waals surface area contributed by atoms with Gasteiger partial charge in [0.2, 0.25) is 0 Å². The molecule has 88 valence electrons. The molecule has 0 aromatic rings. The molecule has 0 aromatic heterocycles. The van der Waals surface area contributed by atoms with Gasteiger partial charge in [-0.3, -0.25) is 4.90 Å². The summed E-state index contributed by atoms with van der Waals surface area (Å²) in [7, 11) is 2.23. The first kappa shape index (κ1) is 12.1. The van der Waals surface area contributed by atoms with Gasteiger partial charge >= 0.3 is 0 Å². The highest BCUT2D eigenvalue weighted by atomic mass is 127. The second kappa shape index (κ2) is 5.29. The minimum absolute atomic E-state index is 0.832. The molecule has 2 aliphatic rings. The van der Waals surface area contributed by atoms with Crippen molar-refractivity contribution in [3.8, 4) is 0 Å². The maximum absolute atomic E-state index is 2.72. The molecule has 2 aliphatic heterocycles. The summed E-state index contributed by atoms with van der Waals surface area (Å²) >= 11 is 2.46. The average Bonchev–Trinajstić information content (AvgIpc) is 2.20. The van der Waals surface area contributed by atoms with E-state index in [4.69, 9.17) is 0 Å². The lowest BCUT2D eigenvalue weighted by Crippen LogP contribution is -2.54. The van der Waals surface area contributed by atoms with Crippen molar-refractivity contribution in [3.05, 3.63) is 0 Å². The molecule has 0 aromatic carbocycles. The number of rotatable bonds is 1. The second-order valence-electron chi connectivity index (χ2n) is 5.04. The van der Waals surface area contributed by atoms with Crippen molar-refractivity contribution in [2.75, 3.05) is 46.3 Å². The van der Waals surface area contributed by atoms with Crippen molar-refractivity contribution in [2.24, 2.45) is 5.92 Å². The van der Waals surface area contributed by atoms with Crippen molar-refractivity contribution in [2.45, 2.75) is 19.4 Å². The monoisotopic (exact) mass is 323 g/mol. The SMILES string of the molecule is C[C@H]1CN(I)CCC1N1CCN(C)CC1. The normalized spacial score (nSPS) is 37.0. The van der Waals surface area contributed by atoms with Crippen molar-refractivity contribution in [1.82, 2.24) is 12.9 Å². The molecule has 2 atom stereocenters. The lowest BCUT2D eigenvalue weighted by Gasteiger charge is -2.44. The van der Waals surface area contributed by atoms with Gasteiger partial charge in [-0.25, -0.2) is 3.11 Å². The quantitative estimate of drug-likeness (QED) is 0.532. The van der Waals surface area contributed by atoms with Gasteiger partial charge in [0.05, 0.1) is 0 Å². The van der Waals surface area contributed by atoms with Crippen LogP contribution in [0.2, 0.25) is 0 Å². The molecule has 0 N–H and O–H groups in total. The van der Waals surface area contributed by atoms with E-state index in [1.807, 2.05) is 0 Å². The molecule has 15 heavy (non-hydrogen) atoms. The van der Waals surface area contributed by atoms with E-state index >= 15 is 0 Å². The number of hydrogen-bond acceptors (Lipinski definition) is 3. The summed E-state index contributed by atoms with van der Waals surface area (Å²) in [4.78, 5) is 5.16. The topological polar surface area (TPSA) is 9.72 Å². The zero-order chi connectivity index (χ0) is 10.8. The second-order valence-corrected chi connectivity index (χ2v) is 6.41. The Morgan fingerprint density at radius 1 is 1.07 bits per heavy atom. The molecule has 2 rings (SSSR count). The van der Waals surface area contributed by atoms with Crippen molar-refractivity contribution in [1.29, 1.82) is 0 Å². The van der Waals surface area contributed by atoms with E-state index in [1.165, 1.54) is 45.7 Å². The molecule has 2 heterocycles. The Morgan fingerprint density at radius 2 is 1.73 bits per heavy atom. The maximum atomic E-state index is 2.72. The summed E-state index contributed by atoms with van der Waals surface area (Å²) in [5.74, 6) is 0.832. The number of piperazine rings is 1. The van der Waals surface area contributed by atoms with E-state index in [1.54, 1.807) is 0 Å². The predicted octanol–water partition coefficient (Wildman–Crippen LogP) is 1.29. The molecule has 1 unspecified atom stereocenters. The molecule has 0 amide bonds. The zero-order valence-corrected chi connectivity index (χ0v) is 12.0. The smallest absolute Gasteiger partial charge is 0.0201 e. The van der Waals surface area contributed by atoms with Crippen LogP contribution < -0.4 is 0 Å². The van der Waals surface area contributed by atoms with Gasteiger partial charge in [-0.05, 0) is 19.4 Å². The van der Waals surface area contributed by atoms with Gasteiger partial charge in [-0.15, -0.1) is 0 Å². The van der Waals surface area contributed by atoms with Crippen LogP contribution in [0.1, 0.15) is 13.3 Å². The van der Waals surface area contributed by atoms with Crippen LogP contribution in [0, 0.1) is 5.92 Å². The first-order valence-electron chi connectivity index (χ1n) is 6.00. The van der Waals surface area contributed by atoms with Crippen LogP contribution >= 0.6 is 22.9 Å². The van der Waals surface area contributed by atoms with E-state index < -0.39 is 0 Å². The molecular weight excluding hydrogens is 301 g/mol. The summed E-state index contributed by atoms with van der Waals surface area (Å²) in [5.41, 5.74) is 0. The molecule has 2 saturated heterocycles. The first-order chi connectivity index (χ1) is 7.16. The Labute approximate surface area is 107 Å². The number of hydrogen-bond donors (Lipinski definition) is 0. The van der Waals surface area contributed by atoms with Crippen LogP contribution in [-0.2, 0) is 0 Å². The van der Waals surface area contributed by atoms with Crippen LogP contribution in [0.25, 0.3) is 0 Å². The van der Waals surface area contributed by atoms with E-state index in [-0.39, 0.29) is 0 Å².